The molecule has 2 unspecified atom stereocenters. The first-order valence-electron chi connectivity index (χ1n) is 24.0. The van der Waals surface area contributed by atoms with E-state index in [1.54, 1.807) is 38.0 Å². The van der Waals surface area contributed by atoms with Crippen LogP contribution in [0.5, 0.6) is 11.5 Å². The topological polar surface area (TPSA) is 169 Å². The number of aryl methyl sites for hydroxylation is 1. The SMILES string of the molecule is COc1cc(-c2cn(C)c(=O)c3c2CCN(C(=O)NC2CCC24CCN(CCCCN2CCN(c5ccc6c(c5)C(=O)N(C5CCC(=O)NC5=O)C6=O)CC2)CC4)C3)cc(OC)c1CN(C)C. The number of anilines is 1. The van der Waals surface area contributed by atoms with E-state index >= 15 is 0 Å². The number of fused-ring (bicyclic) bond motifs is 2. The number of piperidine rings is 2. The van der Waals surface area contributed by atoms with Gasteiger partial charge in [-0.25, -0.2) is 4.79 Å². The van der Waals surface area contributed by atoms with E-state index in [1.807, 2.05) is 43.4 Å². The average molecular weight is 920 g/mol. The third kappa shape index (κ3) is 9.05. The van der Waals surface area contributed by atoms with Crippen molar-refractivity contribution in [2.24, 2.45) is 12.5 Å². The lowest BCUT2D eigenvalue weighted by molar-refractivity contribution is -0.136. The van der Waals surface area contributed by atoms with Crippen LogP contribution in [-0.2, 0) is 36.1 Å². The fourth-order valence-corrected chi connectivity index (χ4v) is 11.4. The fraction of sp³-hybridized carbons (Fsp3) is 0.560. The van der Waals surface area contributed by atoms with Gasteiger partial charge in [0.25, 0.3) is 17.4 Å². The Hall–Kier alpha value is -5.78. The number of rotatable bonds is 13. The summed E-state index contributed by atoms with van der Waals surface area (Å²) in [6.45, 7) is 9.06. The Morgan fingerprint density at radius 3 is 2.09 bits per heavy atom. The van der Waals surface area contributed by atoms with E-state index in [-0.39, 0.29) is 48.3 Å². The maximum atomic E-state index is 13.9. The van der Waals surface area contributed by atoms with E-state index < -0.39 is 23.8 Å². The zero-order valence-electron chi connectivity index (χ0n) is 39.7. The number of nitrogens with zero attached hydrogens (tertiary/aromatic N) is 7. The van der Waals surface area contributed by atoms with Gasteiger partial charge in [-0.1, -0.05) is 0 Å². The molecule has 1 spiro atoms. The van der Waals surface area contributed by atoms with Gasteiger partial charge in [0.15, 0.2) is 0 Å². The molecular weight excluding hydrogens is 855 g/mol. The molecule has 2 aromatic carbocycles. The van der Waals surface area contributed by atoms with Crippen LogP contribution >= 0.6 is 0 Å². The summed E-state index contributed by atoms with van der Waals surface area (Å²) in [5, 5.41) is 5.67. The molecule has 17 heteroatoms. The third-order valence-corrected chi connectivity index (χ3v) is 15.4. The van der Waals surface area contributed by atoms with Gasteiger partial charge in [0.05, 0.1) is 37.5 Å². The van der Waals surface area contributed by atoms with Gasteiger partial charge in [0.2, 0.25) is 11.8 Å². The summed E-state index contributed by atoms with van der Waals surface area (Å²) in [5.41, 5.74) is 6.01. The van der Waals surface area contributed by atoms with E-state index in [1.165, 1.54) is 0 Å². The van der Waals surface area contributed by atoms with E-state index in [4.69, 9.17) is 9.47 Å². The molecule has 17 nitrogen and oxygen atoms in total. The van der Waals surface area contributed by atoms with Gasteiger partial charge in [-0.3, -0.25) is 39.1 Å². The lowest BCUT2D eigenvalue weighted by atomic mass is 9.59. The first-order chi connectivity index (χ1) is 32.3. The molecule has 6 aliphatic rings. The zero-order chi connectivity index (χ0) is 47.1. The number of ether oxygens (including phenoxy) is 2. The van der Waals surface area contributed by atoms with Gasteiger partial charge < -0.3 is 39.0 Å². The molecule has 2 atom stereocenters. The summed E-state index contributed by atoms with van der Waals surface area (Å²) < 4.78 is 13.3. The molecule has 6 heterocycles. The molecule has 0 bridgehead atoms. The van der Waals surface area contributed by atoms with Crippen LogP contribution in [0.3, 0.4) is 0 Å². The zero-order valence-corrected chi connectivity index (χ0v) is 39.7. The van der Waals surface area contributed by atoms with E-state index in [0.29, 0.717) is 36.2 Å². The number of carbonyl (C=O) groups excluding carboxylic acids is 5. The van der Waals surface area contributed by atoms with Crippen molar-refractivity contribution >= 4 is 35.3 Å². The molecule has 1 aromatic heterocycles. The van der Waals surface area contributed by atoms with Crippen molar-refractivity contribution in [2.75, 3.05) is 92.1 Å². The van der Waals surface area contributed by atoms with Crippen molar-refractivity contribution in [2.45, 2.75) is 83.0 Å². The summed E-state index contributed by atoms with van der Waals surface area (Å²) in [5.74, 6) is -0.504. The molecular formula is C50H65N9O8. The molecule has 3 saturated heterocycles. The number of piperazine rings is 1. The van der Waals surface area contributed by atoms with Gasteiger partial charge in [-0.05, 0) is 139 Å². The molecule has 9 rings (SSSR count). The number of amides is 6. The number of benzene rings is 2. The number of nitrogens with one attached hydrogen (secondary N) is 2. The second-order valence-corrected chi connectivity index (χ2v) is 19.6. The standard InChI is InChI=1S/C50H65N9O8/c1-53(2)29-39-41(66-4)26-32(27-42(39)67-5)37-30-54(3)46(62)38-31-58(19-13-34(37)38)49(65)51-43-12-14-50(43)15-20-55(21-16-50)17-6-7-18-56-22-24-57(25-23-56)33-8-9-35-36(28-33)48(64)59(47(35)63)40-10-11-44(60)52-45(40)61/h8-9,26-28,30,40,43H,6-7,10-25,29,31H2,1-5H3,(H,51,65)(H,52,60,61). The summed E-state index contributed by atoms with van der Waals surface area (Å²) in [7, 11) is 9.10. The minimum Gasteiger partial charge on any atom is -0.496 e. The second kappa shape index (κ2) is 19.1. The number of urea groups is 1. The predicted molar refractivity (Wildman–Crippen MR) is 252 cm³/mol. The Kier molecular flexibility index (Phi) is 13.2. The number of hydrogen-bond donors (Lipinski definition) is 2. The number of imide groups is 2. The van der Waals surface area contributed by atoms with Gasteiger partial charge in [0.1, 0.15) is 17.5 Å². The highest BCUT2D eigenvalue weighted by molar-refractivity contribution is 6.23. The molecule has 1 aliphatic carbocycles. The van der Waals surface area contributed by atoms with E-state index in [0.717, 1.165) is 135 Å². The summed E-state index contributed by atoms with van der Waals surface area (Å²) in [4.78, 5) is 90.3. The van der Waals surface area contributed by atoms with Crippen LogP contribution in [0.4, 0.5) is 10.5 Å². The summed E-state index contributed by atoms with van der Waals surface area (Å²) in [6.07, 6.45) is 9.20. The molecule has 4 fully saturated rings. The maximum absolute atomic E-state index is 13.9. The Labute approximate surface area is 392 Å². The van der Waals surface area contributed by atoms with Crippen molar-refractivity contribution in [3.63, 3.8) is 0 Å². The first kappa shape index (κ1) is 46.3. The van der Waals surface area contributed by atoms with Crippen molar-refractivity contribution in [1.29, 1.82) is 0 Å². The highest BCUT2D eigenvalue weighted by Crippen LogP contribution is 2.49. The number of methoxy groups -OCH3 is 2. The highest BCUT2D eigenvalue weighted by atomic mass is 16.5. The first-order valence-corrected chi connectivity index (χ1v) is 24.0. The Balaban J connectivity index is 0.717. The van der Waals surface area contributed by atoms with Crippen molar-refractivity contribution in [1.82, 2.24) is 39.7 Å². The normalized spacial score (nSPS) is 21.9. The highest BCUT2D eigenvalue weighted by Gasteiger charge is 2.49. The van der Waals surface area contributed by atoms with E-state index in [2.05, 4.69) is 30.2 Å². The quantitative estimate of drug-likeness (QED) is 0.190. The largest absolute Gasteiger partial charge is 0.496 e. The van der Waals surface area contributed by atoms with Crippen LogP contribution in [0, 0.1) is 5.41 Å². The van der Waals surface area contributed by atoms with Gasteiger partial charge >= 0.3 is 6.03 Å². The molecule has 5 aliphatic heterocycles. The van der Waals surface area contributed by atoms with Crippen LogP contribution in [0.15, 0.2) is 41.3 Å². The third-order valence-electron chi connectivity index (χ3n) is 15.4. The van der Waals surface area contributed by atoms with Crippen LogP contribution in [0.1, 0.15) is 88.8 Å². The van der Waals surface area contributed by atoms with Gasteiger partial charge in [-0.15, -0.1) is 0 Å². The smallest absolute Gasteiger partial charge is 0.317 e. The maximum Gasteiger partial charge on any atom is 0.317 e. The Bertz CT molecular complexity index is 2480. The number of hydrogen-bond acceptors (Lipinski definition) is 12. The number of carbonyl (C=O) groups is 5. The molecule has 358 valence electrons. The number of aromatic nitrogens is 1. The molecule has 67 heavy (non-hydrogen) atoms. The monoisotopic (exact) mass is 919 g/mol. The molecule has 3 aromatic rings. The van der Waals surface area contributed by atoms with Gasteiger partial charge in [-0.2, -0.15) is 0 Å². The lowest BCUT2D eigenvalue weighted by Gasteiger charge is -2.54. The van der Waals surface area contributed by atoms with Crippen molar-refractivity contribution < 1.29 is 33.4 Å². The lowest BCUT2D eigenvalue weighted by Crippen LogP contribution is -2.61. The minimum atomic E-state index is -0.971. The summed E-state index contributed by atoms with van der Waals surface area (Å²) in [6, 6.07) is 8.47. The van der Waals surface area contributed by atoms with Gasteiger partial charge in [0, 0.05) is 81.8 Å². The fourth-order valence-electron chi connectivity index (χ4n) is 11.4. The Morgan fingerprint density at radius 2 is 1.46 bits per heavy atom. The Morgan fingerprint density at radius 1 is 0.791 bits per heavy atom. The summed E-state index contributed by atoms with van der Waals surface area (Å²) >= 11 is 0. The number of pyridine rings is 1. The number of unbranched alkanes of at least 4 members (excludes halogenated alkanes) is 1. The number of likely N-dealkylation sites (tertiary alicyclic amines) is 1. The minimum absolute atomic E-state index is 0.0794. The molecule has 2 N–H and O–H groups in total. The molecule has 0 radical (unpaired) electrons. The average Bonchev–Trinajstić information content (AvgIpc) is 3.57. The van der Waals surface area contributed by atoms with Crippen LogP contribution in [0.2, 0.25) is 0 Å². The van der Waals surface area contributed by atoms with Crippen molar-refractivity contribution in [3.05, 3.63) is 74.7 Å². The predicted octanol–water partition coefficient (Wildman–Crippen LogP) is 3.45. The van der Waals surface area contributed by atoms with Crippen molar-refractivity contribution in [3.8, 4) is 22.6 Å². The van der Waals surface area contributed by atoms with Crippen LogP contribution in [-0.4, -0.2) is 158 Å². The second-order valence-electron chi connectivity index (χ2n) is 19.6. The molecule has 6 amide bonds. The molecule has 1 saturated carbocycles. The van der Waals surface area contributed by atoms with Crippen LogP contribution < -0.4 is 30.6 Å². The van der Waals surface area contributed by atoms with Crippen LogP contribution in [0.25, 0.3) is 11.1 Å². The van der Waals surface area contributed by atoms with E-state index in [9.17, 15) is 28.8 Å².